The number of rotatable bonds is 5. The van der Waals surface area contributed by atoms with Gasteiger partial charge in [-0.15, -0.1) is 0 Å². The molecule has 1 saturated heterocycles. The van der Waals surface area contributed by atoms with Gasteiger partial charge in [0.1, 0.15) is 0 Å². The van der Waals surface area contributed by atoms with Crippen LogP contribution in [0.1, 0.15) is 37.3 Å². The number of carbonyl (C=O) groups excluding carboxylic acids is 1. The fraction of sp³-hybridized carbons (Fsp3) is 0.588. The molecule has 0 spiro atoms. The molecule has 21 heavy (non-hydrogen) atoms. The van der Waals surface area contributed by atoms with Gasteiger partial charge in [0, 0.05) is 17.4 Å². The summed E-state index contributed by atoms with van der Waals surface area (Å²) in [6.07, 6.45) is 3.03. The number of amides is 1. The quantitative estimate of drug-likeness (QED) is 0.852. The number of nitrogens with one attached hydrogen (secondary N) is 2. The van der Waals surface area contributed by atoms with Crippen LogP contribution in [0.2, 0.25) is 0 Å². The zero-order chi connectivity index (χ0) is 15.2. The van der Waals surface area contributed by atoms with Crippen LogP contribution in [-0.2, 0) is 11.3 Å². The van der Waals surface area contributed by atoms with E-state index in [1.807, 2.05) is 6.07 Å². The number of piperidine rings is 1. The molecule has 116 valence electrons. The average Bonchev–Trinajstić information content (AvgIpc) is 2.47. The van der Waals surface area contributed by atoms with Gasteiger partial charge in [-0.2, -0.15) is 0 Å². The molecule has 1 atom stereocenters. The molecule has 1 heterocycles. The summed E-state index contributed by atoms with van der Waals surface area (Å²) in [5, 5.41) is 6.44. The molecule has 0 aliphatic carbocycles. The van der Waals surface area contributed by atoms with E-state index in [0.29, 0.717) is 24.8 Å². The van der Waals surface area contributed by atoms with Crippen molar-refractivity contribution in [3.8, 4) is 0 Å². The van der Waals surface area contributed by atoms with Crippen LogP contribution >= 0.6 is 15.9 Å². The second kappa shape index (κ2) is 7.95. The number of aryl methyl sites for hydroxylation is 1. The summed E-state index contributed by atoms with van der Waals surface area (Å²) >= 11 is 3.46. The SMILES string of the molecule is Cc1cc(Br)ccc1CNC(=O)CC(C)C1CCNCC1. The lowest BCUT2D eigenvalue weighted by atomic mass is 9.84. The third-order valence-corrected chi connectivity index (χ3v) is 4.97. The van der Waals surface area contributed by atoms with Crippen LogP contribution in [0.25, 0.3) is 0 Å². The van der Waals surface area contributed by atoms with Gasteiger partial charge in [-0.1, -0.05) is 28.9 Å². The van der Waals surface area contributed by atoms with Crippen molar-refractivity contribution in [1.29, 1.82) is 0 Å². The predicted molar refractivity (Wildman–Crippen MR) is 90.1 cm³/mol. The maximum absolute atomic E-state index is 12.1. The summed E-state index contributed by atoms with van der Waals surface area (Å²) in [5.74, 6) is 1.33. The Kier molecular flexibility index (Phi) is 6.24. The molecule has 3 nitrogen and oxygen atoms in total. The van der Waals surface area contributed by atoms with E-state index < -0.39 is 0 Å². The Morgan fingerprint density at radius 2 is 2.14 bits per heavy atom. The van der Waals surface area contributed by atoms with Crippen molar-refractivity contribution < 1.29 is 4.79 Å². The summed E-state index contributed by atoms with van der Waals surface area (Å²) in [7, 11) is 0. The molecule has 0 radical (unpaired) electrons. The maximum Gasteiger partial charge on any atom is 0.220 e. The highest BCUT2D eigenvalue weighted by Gasteiger charge is 2.21. The number of halogens is 1. The van der Waals surface area contributed by atoms with Crippen molar-refractivity contribution in [2.24, 2.45) is 11.8 Å². The molecule has 0 bridgehead atoms. The highest BCUT2D eigenvalue weighted by Crippen LogP contribution is 2.24. The van der Waals surface area contributed by atoms with Crippen LogP contribution in [0.3, 0.4) is 0 Å². The first-order chi connectivity index (χ1) is 10.1. The molecule has 1 amide bonds. The fourth-order valence-electron chi connectivity index (χ4n) is 3.00. The van der Waals surface area contributed by atoms with Crippen molar-refractivity contribution in [3.05, 3.63) is 33.8 Å². The lowest BCUT2D eigenvalue weighted by Crippen LogP contribution is -2.33. The predicted octanol–water partition coefficient (Wildman–Crippen LogP) is 3.40. The van der Waals surface area contributed by atoms with E-state index in [1.54, 1.807) is 0 Å². The van der Waals surface area contributed by atoms with E-state index in [9.17, 15) is 4.79 Å². The van der Waals surface area contributed by atoms with E-state index in [0.717, 1.165) is 17.6 Å². The molecule has 4 heteroatoms. The Morgan fingerprint density at radius 1 is 1.43 bits per heavy atom. The molecule has 0 saturated carbocycles. The first-order valence-corrected chi connectivity index (χ1v) is 8.58. The van der Waals surface area contributed by atoms with Gasteiger partial charge in [-0.25, -0.2) is 0 Å². The van der Waals surface area contributed by atoms with Crippen LogP contribution < -0.4 is 10.6 Å². The fourth-order valence-corrected chi connectivity index (χ4v) is 3.47. The molecule has 1 unspecified atom stereocenters. The third-order valence-electron chi connectivity index (χ3n) is 4.48. The van der Waals surface area contributed by atoms with E-state index in [-0.39, 0.29) is 5.91 Å². The van der Waals surface area contributed by atoms with Crippen LogP contribution in [0, 0.1) is 18.8 Å². The van der Waals surface area contributed by atoms with Crippen LogP contribution in [0.4, 0.5) is 0 Å². The molecule has 0 aromatic heterocycles. The maximum atomic E-state index is 12.1. The summed E-state index contributed by atoms with van der Waals surface area (Å²) in [4.78, 5) is 12.1. The average molecular weight is 353 g/mol. The van der Waals surface area contributed by atoms with Gasteiger partial charge < -0.3 is 10.6 Å². The van der Waals surface area contributed by atoms with Gasteiger partial charge in [0.05, 0.1) is 0 Å². The van der Waals surface area contributed by atoms with E-state index in [4.69, 9.17) is 0 Å². The zero-order valence-electron chi connectivity index (χ0n) is 12.9. The van der Waals surface area contributed by atoms with Crippen molar-refractivity contribution >= 4 is 21.8 Å². The topological polar surface area (TPSA) is 41.1 Å². The van der Waals surface area contributed by atoms with E-state index in [2.05, 4.69) is 52.5 Å². The smallest absolute Gasteiger partial charge is 0.220 e. The second-order valence-corrected chi connectivity index (χ2v) is 7.03. The summed E-state index contributed by atoms with van der Waals surface area (Å²) < 4.78 is 1.08. The number of benzene rings is 1. The first kappa shape index (κ1) is 16.5. The Bertz CT molecular complexity index is 484. The van der Waals surface area contributed by atoms with Crippen molar-refractivity contribution in [1.82, 2.24) is 10.6 Å². The number of hydrogen-bond acceptors (Lipinski definition) is 2. The minimum Gasteiger partial charge on any atom is -0.352 e. The van der Waals surface area contributed by atoms with E-state index in [1.165, 1.54) is 24.0 Å². The van der Waals surface area contributed by atoms with Gasteiger partial charge in [0.15, 0.2) is 0 Å². The zero-order valence-corrected chi connectivity index (χ0v) is 14.5. The van der Waals surface area contributed by atoms with Gasteiger partial charge in [0.2, 0.25) is 5.91 Å². The Morgan fingerprint density at radius 3 is 2.81 bits per heavy atom. The Hall–Kier alpha value is -0.870. The summed E-state index contributed by atoms with van der Waals surface area (Å²) in [6, 6.07) is 6.17. The second-order valence-electron chi connectivity index (χ2n) is 6.12. The van der Waals surface area contributed by atoms with Crippen LogP contribution in [0.15, 0.2) is 22.7 Å². The lowest BCUT2D eigenvalue weighted by Gasteiger charge is -2.27. The monoisotopic (exact) mass is 352 g/mol. The van der Waals surface area contributed by atoms with Crippen LogP contribution in [-0.4, -0.2) is 19.0 Å². The van der Waals surface area contributed by atoms with Gasteiger partial charge in [-0.3, -0.25) is 4.79 Å². The molecule has 1 aromatic carbocycles. The van der Waals surface area contributed by atoms with Crippen molar-refractivity contribution in [2.75, 3.05) is 13.1 Å². The summed E-state index contributed by atoms with van der Waals surface area (Å²) in [5.41, 5.74) is 2.39. The molecule has 1 aromatic rings. The van der Waals surface area contributed by atoms with Crippen LogP contribution in [0.5, 0.6) is 0 Å². The minimum absolute atomic E-state index is 0.170. The minimum atomic E-state index is 0.170. The van der Waals surface area contributed by atoms with Gasteiger partial charge in [-0.05, 0) is 68.0 Å². The van der Waals surface area contributed by atoms with Crippen molar-refractivity contribution in [2.45, 2.75) is 39.7 Å². The molecular formula is C17H25BrN2O. The molecule has 2 rings (SSSR count). The third kappa shape index (κ3) is 5.11. The standard InChI is InChI=1S/C17H25BrN2O/c1-12-9-16(18)4-3-15(12)11-20-17(21)10-13(2)14-5-7-19-8-6-14/h3-4,9,13-14,19H,5-8,10-11H2,1-2H3,(H,20,21). The molecule has 2 N–H and O–H groups in total. The normalized spacial score (nSPS) is 17.5. The largest absolute Gasteiger partial charge is 0.352 e. The highest BCUT2D eigenvalue weighted by molar-refractivity contribution is 9.10. The Balaban J connectivity index is 1.78. The van der Waals surface area contributed by atoms with Gasteiger partial charge in [0.25, 0.3) is 0 Å². The number of hydrogen-bond donors (Lipinski definition) is 2. The van der Waals surface area contributed by atoms with Crippen molar-refractivity contribution in [3.63, 3.8) is 0 Å². The molecule has 1 aliphatic rings. The summed E-state index contributed by atoms with van der Waals surface area (Å²) in [6.45, 7) is 7.09. The first-order valence-electron chi connectivity index (χ1n) is 7.78. The molecular weight excluding hydrogens is 328 g/mol. The molecule has 1 fully saturated rings. The molecule has 1 aliphatic heterocycles. The Labute approximate surface area is 136 Å². The highest BCUT2D eigenvalue weighted by atomic mass is 79.9. The number of carbonyl (C=O) groups is 1. The van der Waals surface area contributed by atoms with Gasteiger partial charge >= 0.3 is 0 Å². The van der Waals surface area contributed by atoms with E-state index >= 15 is 0 Å². The lowest BCUT2D eigenvalue weighted by molar-refractivity contribution is -0.122.